The smallest absolute Gasteiger partial charge is 0.254 e. The van der Waals surface area contributed by atoms with Crippen LogP contribution in [0.5, 0.6) is 0 Å². The number of aryl methyl sites for hydroxylation is 2. The van der Waals surface area contributed by atoms with Crippen LogP contribution in [0.4, 0.5) is 0 Å². The molecule has 0 radical (unpaired) electrons. The van der Waals surface area contributed by atoms with Gasteiger partial charge in [0, 0.05) is 19.3 Å². The maximum absolute atomic E-state index is 12.1. The highest BCUT2D eigenvalue weighted by Gasteiger charge is 2.18. The second-order valence-electron chi connectivity index (χ2n) is 4.96. The highest BCUT2D eigenvalue weighted by Crippen LogP contribution is 2.17. The van der Waals surface area contributed by atoms with Crippen molar-refractivity contribution in [2.24, 2.45) is 7.05 Å². The SMILES string of the molecule is Cc1nn(C)cc1C(=O)NC1CCCCCC1. The topological polar surface area (TPSA) is 46.9 Å². The molecule has 4 nitrogen and oxygen atoms in total. The van der Waals surface area contributed by atoms with E-state index in [9.17, 15) is 4.79 Å². The van der Waals surface area contributed by atoms with Crippen LogP contribution in [-0.2, 0) is 7.05 Å². The number of carbonyl (C=O) groups is 1. The number of amides is 1. The normalized spacial score (nSPS) is 17.8. The van der Waals surface area contributed by atoms with E-state index < -0.39 is 0 Å². The Morgan fingerprint density at radius 3 is 2.53 bits per heavy atom. The molecule has 1 aromatic rings. The molecule has 0 bridgehead atoms. The average Bonchev–Trinajstić information content (AvgIpc) is 2.51. The van der Waals surface area contributed by atoms with E-state index in [4.69, 9.17) is 0 Å². The molecule has 0 unspecified atom stereocenters. The molecule has 17 heavy (non-hydrogen) atoms. The zero-order valence-corrected chi connectivity index (χ0v) is 10.7. The monoisotopic (exact) mass is 235 g/mol. The molecule has 1 aliphatic rings. The van der Waals surface area contributed by atoms with E-state index in [0.29, 0.717) is 11.6 Å². The number of rotatable bonds is 2. The standard InChI is InChI=1S/C13H21N3O/c1-10-12(9-16(2)15-10)13(17)14-11-7-5-3-4-6-8-11/h9,11H,3-8H2,1-2H3,(H,14,17). The molecule has 94 valence electrons. The number of carbonyl (C=O) groups excluding carboxylic acids is 1. The Hall–Kier alpha value is -1.32. The second kappa shape index (κ2) is 5.34. The number of nitrogens with zero attached hydrogens (tertiary/aromatic N) is 2. The quantitative estimate of drug-likeness (QED) is 0.799. The predicted molar refractivity (Wildman–Crippen MR) is 66.9 cm³/mol. The van der Waals surface area contributed by atoms with Crippen molar-refractivity contribution in [1.82, 2.24) is 15.1 Å². The van der Waals surface area contributed by atoms with Crippen LogP contribution in [0, 0.1) is 6.92 Å². The van der Waals surface area contributed by atoms with E-state index >= 15 is 0 Å². The lowest BCUT2D eigenvalue weighted by atomic mass is 10.1. The van der Waals surface area contributed by atoms with Gasteiger partial charge in [-0.05, 0) is 19.8 Å². The summed E-state index contributed by atoms with van der Waals surface area (Å²) in [5.74, 6) is 0.0301. The summed E-state index contributed by atoms with van der Waals surface area (Å²) in [6, 6.07) is 0.351. The van der Waals surface area contributed by atoms with E-state index in [-0.39, 0.29) is 5.91 Å². The summed E-state index contributed by atoms with van der Waals surface area (Å²) in [5.41, 5.74) is 1.51. The molecule has 1 heterocycles. The first-order chi connectivity index (χ1) is 8.16. The van der Waals surface area contributed by atoms with Gasteiger partial charge < -0.3 is 5.32 Å². The van der Waals surface area contributed by atoms with Crippen molar-refractivity contribution >= 4 is 5.91 Å². The van der Waals surface area contributed by atoms with E-state index in [1.807, 2.05) is 14.0 Å². The lowest BCUT2D eigenvalue weighted by molar-refractivity contribution is 0.0932. The highest BCUT2D eigenvalue weighted by atomic mass is 16.1. The third-order valence-corrected chi connectivity index (χ3v) is 3.45. The van der Waals surface area contributed by atoms with Gasteiger partial charge in [-0.25, -0.2) is 0 Å². The number of hydrogen-bond donors (Lipinski definition) is 1. The molecule has 1 amide bonds. The first-order valence-electron chi connectivity index (χ1n) is 6.48. The zero-order valence-electron chi connectivity index (χ0n) is 10.7. The molecule has 1 saturated carbocycles. The summed E-state index contributed by atoms with van der Waals surface area (Å²) in [7, 11) is 1.84. The lowest BCUT2D eigenvalue weighted by Gasteiger charge is -2.15. The largest absolute Gasteiger partial charge is 0.349 e. The van der Waals surface area contributed by atoms with Crippen LogP contribution < -0.4 is 5.32 Å². The minimum absolute atomic E-state index is 0.0301. The molecular weight excluding hydrogens is 214 g/mol. The minimum atomic E-state index is 0.0301. The van der Waals surface area contributed by atoms with Gasteiger partial charge in [0.25, 0.3) is 5.91 Å². The van der Waals surface area contributed by atoms with Gasteiger partial charge in [0.2, 0.25) is 0 Å². The summed E-state index contributed by atoms with van der Waals surface area (Å²) in [5, 5.41) is 7.34. The van der Waals surface area contributed by atoms with Crippen LogP contribution in [0.25, 0.3) is 0 Å². The van der Waals surface area contributed by atoms with Crippen molar-refractivity contribution < 1.29 is 4.79 Å². The van der Waals surface area contributed by atoms with Crippen LogP contribution in [0.2, 0.25) is 0 Å². The molecule has 2 rings (SSSR count). The number of aromatic nitrogens is 2. The molecule has 0 aromatic carbocycles. The summed E-state index contributed by atoms with van der Waals surface area (Å²) in [4.78, 5) is 12.1. The van der Waals surface area contributed by atoms with Gasteiger partial charge in [-0.15, -0.1) is 0 Å². The Labute approximate surface area is 102 Å². The summed E-state index contributed by atoms with van der Waals surface area (Å²) in [6.45, 7) is 1.88. The first-order valence-corrected chi connectivity index (χ1v) is 6.48. The molecule has 0 aliphatic heterocycles. The van der Waals surface area contributed by atoms with E-state index in [1.165, 1.54) is 25.7 Å². The Morgan fingerprint density at radius 1 is 1.35 bits per heavy atom. The maximum atomic E-state index is 12.1. The fraction of sp³-hybridized carbons (Fsp3) is 0.692. The van der Waals surface area contributed by atoms with E-state index in [2.05, 4.69) is 10.4 Å². The Balaban J connectivity index is 1.98. The fourth-order valence-corrected chi connectivity index (χ4v) is 2.51. The van der Waals surface area contributed by atoms with Crippen molar-refractivity contribution in [3.63, 3.8) is 0 Å². The van der Waals surface area contributed by atoms with Crippen LogP contribution in [0.3, 0.4) is 0 Å². The van der Waals surface area contributed by atoms with E-state index in [0.717, 1.165) is 18.5 Å². The average molecular weight is 235 g/mol. The van der Waals surface area contributed by atoms with Gasteiger partial charge in [-0.3, -0.25) is 9.48 Å². The Morgan fingerprint density at radius 2 is 2.00 bits per heavy atom. The maximum Gasteiger partial charge on any atom is 0.254 e. The first kappa shape index (κ1) is 12.1. The molecule has 1 aromatic heterocycles. The highest BCUT2D eigenvalue weighted by molar-refractivity contribution is 5.95. The third-order valence-electron chi connectivity index (χ3n) is 3.45. The van der Waals surface area contributed by atoms with E-state index in [1.54, 1.807) is 10.9 Å². The third kappa shape index (κ3) is 3.08. The summed E-state index contributed by atoms with van der Waals surface area (Å²) < 4.78 is 1.69. The van der Waals surface area contributed by atoms with Crippen molar-refractivity contribution in [3.8, 4) is 0 Å². The number of hydrogen-bond acceptors (Lipinski definition) is 2. The molecule has 1 aliphatic carbocycles. The van der Waals surface area contributed by atoms with Crippen LogP contribution in [0.1, 0.15) is 54.6 Å². The molecule has 1 fully saturated rings. The van der Waals surface area contributed by atoms with Crippen LogP contribution in [-0.4, -0.2) is 21.7 Å². The van der Waals surface area contributed by atoms with Crippen LogP contribution in [0.15, 0.2) is 6.20 Å². The van der Waals surface area contributed by atoms with Crippen LogP contribution >= 0.6 is 0 Å². The zero-order chi connectivity index (χ0) is 12.3. The lowest BCUT2D eigenvalue weighted by Crippen LogP contribution is -2.34. The fourth-order valence-electron chi connectivity index (χ4n) is 2.51. The second-order valence-corrected chi connectivity index (χ2v) is 4.96. The van der Waals surface area contributed by atoms with Crippen molar-refractivity contribution in [3.05, 3.63) is 17.5 Å². The van der Waals surface area contributed by atoms with Gasteiger partial charge >= 0.3 is 0 Å². The van der Waals surface area contributed by atoms with Gasteiger partial charge in [0.05, 0.1) is 11.3 Å². The Kier molecular flexibility index (Phi) is 3.82. The predicted octanol–water partition coefficient (Wildman–Crippen LogP) is 2.18. The molecular formula is C13H21N3O. The number of nitrogens with one attached hydrogen (secondary N) is 1. The molecule has 1 N–H and O–H groups in total. The van der Waals surface area contributed by atoms with Gasteiger partial charge in [0.15, 0.2) is 0 Å². The van der Waals surface area contributed by atoms with Gasteiger partial charge in [-0.2, -0.15) is 5.10 Å². The van der Waals surface area contributed by atoms with Crippen molar-refractivity contribution in [2.45, 2.75) is 51.5 Å². The van der Waals surface area contributed by atoms with Gasteiger partial charge in [-0.1, -0.05) is 25.7 Å². The molecule has 0 saturated heterocycles. The molecule has 4 heteroatoms. The summed E-state index contributed by atoms with van der Waals surface area (Å²) in [6.07, 6.45) is 9.10. The summed E-state index contributed by atoms with van der Waals surface area (Å²) >= 11 is 0. The molecule has 0 spiro atoms. The van der Waals surface area contributed by atoms with Crippen molar-refractivity contribution in [1.29, 1.82) is 0 Å². The Bertz CT molecular complexity index is 389. The van der Waals surface area contributed by atoms with Gasteiger partial charge in [0.1, 0.15) is 0 Å². The minimum Gasteiger partial charge on any atom is -0.349 e. The van der Waals surface area contributed by atoms with Crippen molar-refractivity contribution in [2.75, 3.05) is 0 Å². The molecule has 0 atom stereocenters.